The zero-order valence-corrected chi connectivity index (χ0v) is 18.8. The van der Waals surface area contributed by atoms with Crippen LogP contribution in [0.25, 0.3) is 11.4 Å². The first-order valence-electron chi connectivity index (χ1n) is 10.6. The molecule has 32 heavy (non-hydrogen) atoms. The van der Waals surface area contributed by atoms with Crippen molar-refractivity contribution < 1.29 is 18.4 Å². The Morgan fingerprint density at radius 1 is 1.09 bits per heavy atom. The minimum Gasteiger partial charge on any atom is -0.497 e. The van der Waals surface area contributed by atoms with Gasteiger partial charge in [0, 0.05) is 43.6 Å². The maximum atomic E-state index is 14.1. The fourth-order valence-electron chi connectivity index (χ4n) is 3.21. The maximum absolute atomic E-state index is 14.1. The maximum Gasteiger partial charge on any atom is 0.226 e. The summed E-state index contributed by atoms with van der Waals surface area (Å²) >= 11 is 0. The van der Waals surface area contributed by atoms with Crippen LogP contribution >= 0.6 is 0 Å². The Bertz CT molecular complexity index is 1000. The second kappa shape index (κ2) is 11.4. The number of ether oxygens (including phenoxy) is 1. The van der Waals surface area contributed by atoms with Gasteiger partial charge in [-0.2, -0.15) is 4.98 Å². The number of methoxy groups -OCH3 is 1. The van der Waals surface area contributed by atoms with Crippen molar-refractivity contribution in [3.63, 3.8) is 0 Å². The fraction of sp³-hybridized carbons (Fsp3) is 0.375. The number of carbonyl (C=O) groups excluding carboxylic acids is 1. The minimum atomic E-state index is -0.299. The van der Waals surface area contributed by atoms with Gasteiger partial charge in [0.1, 0.15) is 11.6 Å². The van der Waals surface area contributed by atoms with E-state index in [0.29, 0.717) is 49.6 Å². The molecule has 0 atom stereocenters. The van der Waals surface area contributed by atoms with Gasteiger partial charge in [-0.15, -0.1) is 0 Å². The van der Waals surface area contributed by atoms with E-state index in [1.54, 1.807) is 30.2 Å². The van der Waals surface area contributed by atoms with Gasteiger partial charge in [-0.3, -0.25) is 4.79 Å². The molecule has 1 amide bonds. The van der Waals surface area contributed by atoms with Gasteiger partial charge in [0.25, 0.3) is 0 Å². The van der Waals surface area contributed by atoms with Crippen LogP contribution in [0.2, 0.25) is 0 Å². The molecule has 1 aromatic heterocycles. The SMILES string of the molecule is COc1ccc(-c2noc(CCCC(=O)N(CCN(C)C)Cc3ccccc3F)n2)cc1. The lowest BCUT2D eigenvalue weighted by atomic mass is 10.1. The summed E-state index contributed by atoms with van der Waals surface area (Å²) in [6.45, 7) is 1.49. The summed E-state index contributed by atoms with van der Waals surface area (Å²) < 4.78 is 24.6. The van der Waals surface area contributed by atoms with Crippen molar-refractivity contribution in [2.45, 2.75) is 25.8 Å². The normalized spacial score (nSPS) is 11.0. The molecule has 0 spiro atoms. The van der Waals surface area contributed by atoms with Gasteiger partial charge in [0.05, 0.1) is 7.11 Å². The number of aromatic nitrogens is 2. The highest BCUT2D eigenvalue weighted by molar-refractivity contribution is 5.76. The van der Waals surface area contributed by atoms with Crippen molar-refractivity contribution in [2.75, 3.05) is 34.3 Å². The Labute approximate surface area is 187 Å². The number of aryl methyl sites for hydroxylation is 1. The van der Waals surface area contributed by atoms with E-state index < -0.39 is 0 Å². The second-order valence-corrected chi connectivity index (χ2v) is 7.80. The number of likely N-dealkylation sites (N-methyl/N-ethyl adjacent to an activating group) is 1. The van der Waals surface area contributed by atoms with Gasteiger partial charge in [-0.05, 0) is 50.8 Å². The predicted octanol–water partition coefficient (Wildman–Crippen LogP) is 3.80. The number of nitrogens with zero attached hydrogens (tertiary/aromatic N) is 4. The summed E-state index contributed by atoms with van der Waals surface area (Å²) in [7, 11) is 5.50. The second-order valence-electron chi connectivity index (χ2n) is 7.80. The molecular weight excluding hydrogens is 411 g/mol. The molecule has 0 unspecified atom stereocenters. The zero-order valence-electron chi connectivity index (χ0n) is 18.8. The summed E-state index contributed by atoms with van der Waals surface area (Å²) in [5, 5.41) is 4.02. The molecule has 7 nitrogen and oxygen atoms in total. The molecule has 0 fully saturated rings. The van der Waals surface area contributed by atoms with E-state index in [2.05, 4.69) is 10.1 Å². The topological polar surface area (TPSA) is 71.7 Å². The Hall–Kier alpha value is -3.26. The molecule has 0 saturated heterocycles. The highest BCUT2D eigenvalue weighted by Crippen LogP contribution is 2.20. The van der Waals surface area contributed by atoms with Crippen molar-refractivity contribution in [3.8, 4) is 17.1 Å². The quantitative estimate of drug-likeness (QED) is 0.452. The third kappa shape index (κ3) is 6.62. The molecular formula is C24H29FN4O3. The number of rotatable bonds is 11. The van der Waals surface area contributed by atoms with E-state index in [4.69, 9.17) is 9.26 Å². The number of halogens is 1. The summed E-state index contributed by atoms with van der Waals surface area (Å²) in [5.74, 6) is 1.42. The van der Waals surface area contributed by atoms with Crippen molar-refractivity contribution >= 4 is 5.91 Å². The van der Waals surface area contributed by atoms with Gasteiger partial charge in [-0.25, -0.2) is 4.39 Å². The van der Waals surface area contributed by atoms with Gasteiger partial charge in [0.15, 0.2) is 0 Å². The third-order valence-corrected chi connectivity index (χ3v) is 5.09. The highest BCUT2D eigenvalue weighted by Gasteiger charge is 2.17. The molecule has 170 valence electrons. The number of amides is 1. The molecule has 8 heteroatoms. The summed E-state index contributed by atoms with van der Waals surface area (Å²) in [5.41, 5.74) is 1.34. The van der Waals surface area contributed by atoms with Gasteiger partial charge in [-0.1, -0.05) is 23.4 Å². The molecule has 0 aliphatic rings. The summed E-state index contributed by atoms with van der Waals surface area (Å²) in [6.07, 6.45) is 1.39. The molecule has 0 radical (unpaired) electrons. The minimum absolute atomic E-state index is 0.0232. The highest BCUT2D eigenvalue weighted by atomic mass is 19.1. The number of hydrogen-bond acceptors (Lipinski definition) is 6. The first-order valence-corrected chi connectivity index (χ1v) is 10.6. The fourth-order valence-corrected chi connectivity index (χ4v) is 3.21. The van der Waals surface area contributed by atoms with Crippen LogP contribution in [-0.4, -0.2) is 60.1 Å². The standard InChI is InChI=1S/C24H29FN4O3/c1-28(2)15-16-29(17-19-7-4-5-8-21(19)25)23(30)10-6-9-22-26-24(27-32-22)18-11-13-20(31-3)14-12-18/h4-5,7-8,11-14H,6,9-10,15-17H2,1-3H3. The molecule has 3 rings (SSSR count). The third-order valence-electron chi connectivity index (χ3n) is 5.09. The van der Waals surface area contributed by atoms with Crippen LogP contribution < -0.4 is 4.74 Å². The zero-order chi connectivity index (χ0) is 22.9. The lowest BCUT2D eigenvalue weighted by Crippen LogP contribution is -2.36. The largest absolute Gasteiger partial charge is 0.497 e. The van der Waals surface area contributed by atoms with E-state index in [-0.39, 0.29) is 18.3 Å². The number of hydrogen-bond donors (Lipinski definition) is 0. The Morgan fingerprint density at radius 3 is 2.53 bits per heavy atom. The monoisotopic (exact) mass is 440 g/mol. The van der Waals surface area contributed by atoms with Crippen molar-refractivity contribution in [1.29, 1.82) is 0 Å². The lowest BCUT2D eigenvalue weighted by Gasteiger charge is -2.25. The first-order chi connectivity index (χ1) is 15.5. The van der Waals surface area contributed by atoms with E-state index in [0.717, 1.165) is 11.3 Å². The summed E-state index contributed by atoms with van der Waals surface area (Å²) in [4.78, 5) is 21.0. The average molecular weight is 441 g/mol. The van der Waals surface area contributed by atoms with Crippen molar-refractivity contribution in [2.24, 2.45) is 0 Å². The van der Waals surface area contributed by atoms with Crippen molar-refractivity contribution in [3.05, 3.63) is 65.8 Å². The van der Waals surface area contributed by atoms with Crippen LogP contribution in [0, 0.1) is 5.82 Å². The van der Waals surface area contributed by atoms with E-state index in [9.17, 15) is 9.18 Å². The Kier molecular flexibility index (Phi) is 8.33. The van der Waals surface area contributed by atoms with Gasteiger partial charge < -0.3 is 19.1 Å². The van der Waals surface area contributed by atoms with Crippen LogP contribution in [0.4, 0.5) is 4.39 Å². The molecule has 0 N–H and O–H groups in total. The van der Waals surface area contributed by atoms with Crippen LogP contribution in [0.15, 0.2) is 53.1 Å². The molecule has 0 aliphatic heterocycles. The molecule has 0 saturated carbocycles. The average Bonchev–Trinajstić information content (AvgIpc) is 3.26. The molecule has 0 bridgehead atoms. The van der Waals surface area contributed by atoms with Crippen molar-refractivity contribution in [1.82, 2.24) is 19.9 Å². The van der Waals surface area contributed by atoms with Gasteiger partial charge in [0.2, 0.25) is 17.6 Å². The van der Waals surface area contributed by atoms with Crippen LogP contribution in [0.3, 0.4) is 0 Å². The number of carbonyl (C=O) groups is 1. The lowest BCUT2D eigenvalue weighted by molar-refractivity contribution is -0.132. The molecule has 0 aliphatic carbocycles. The first kappa shape index (κ1) is 23.4. The molecule has 3 aromatic rings. The Morgan fingerprint density at radius 2 is 1.84 bits per heavy atom. The van der Waals surface area contributed by atoms with Crippen LogP contribution in [0.5, 0.6) is 5.75 Å². The van der Waals surface area contributed by atoms with E-state index in [1.165, 1.54) is 6.07 Å². The molecule has 1 heterocycles. The van der Waals surface area contributed by atoms with Crippen LogP contribution in [0.1, 0.15) is 24.3 Å². The predicted molar refractivity (Wildman–Crippen MR) is 120 cm³/mol. The van der Waals surface area contributed by atoms with E-state index >= 15 is 0 Å². The molecule has 2 aromatic carbocycles. The number of benzene rings is 2. The van der Waals surface area contributed by atoms with E-state index in [1.807, 2.05) is 43.3 Å². The summed E-state index contributed by atoms with van der Waals surface area (Å²) in [6, 6.07) is 14.0. The van der Waals surface area contributed by atoms with Crippen LogP contribution in [-0.2, 0) is 17.8 Å². The smallest absolute Gasteiger partial charge is 0.226 e. The Balaban J connectivity index is 1.56. The van der Waals surface area contributed by atoms with Gasteiger partial charge >= 0.3 is 0 Å².